The second-order valence-electron chi connectivity index (χ2n) is 5.39. The Labute approximate surface area is 134 Å². The van der Waals surface area contributed by atoms with E-state index in [1.54, 1.807) is 6.20 Å². The van der Waals surface area contributed by atoms with Gasteiger partial charge in [-0.2, -0.15) is 5.10 Å². The number of carbonyl (C=O) groups excluding carboxylic acids is 1. The summed E-state index contributed by atoms with van der Waals surface area (Å²) in [5.41, 5.74) is 1.42. The van der Waals surface area contributed by atoms with E-state index in [-0.39, 0.29) is 18.4 Å². The van der Waals surface area contributed by atoms with Crippen molar-refractivity contribution in [3.05, 3.63) is 46.8 Å². The van der Waals surface area contributed by atoms with Crippen LogP contribution in [0, 0.1) is 0 Å². The van der Waals surface area contributed by atoms with E-state index >= 15 is 0 Å². The van der Waals surface area contributed by atoms with Crippen LogP contribution in [0.3, 0.4) is 0 Å². The lowest BCUT2D eigenvalue weighted by atomic mass is 10.1. The van der Waals surface area contributed by atoms with Gasteiger partial charge in [-0.3, -0.25) is 9.48 Å². The highest BCUT2D eigenvalue weighted by Crippen LogP contribution is 2.24. The molecular formula is C15H13BrN4O2. The van der Waals surface area contributed by atoms with Crippen molar-refractivity contribution in [3.63, 3.8) is 0 Å². The SMILES string of the molecule is O=C(Cc1noc2ccccc12)N1CC(n2cc(Br)cn2)C1. The molecule has 3 heterocycles. The van der Waals surface area contributed by atoms with E-state index in [1.807, 2.05) is 40.0 Å². The Morgan fingerprint density at radius 1 is 1.36 bits per heavy atom. The minimum absolute atomic E-state index is 0.0709. The molecule has 2 aromatic heterocycles. The standard InChI is InChI=1S/C15H13BrN4O2/c16-10-6-17-20(7-10)11-8-19(9-11)15(21)5-13-12-3-1-2-4-14(12)22-18-13/h1-4,6-7,11H,5,8-9H2. The molecule has 0 bridgehead atoms. The highest BCUT2D eigenvalue weighted by molar-refractivity contribution is 9.10. The molecule has 7 heteroatoms. The summed E-state index contributed by atoms with van der Waals surface area (Å²) in [6.07, 6.45) is 3.95. The molecule has 1 saturated heterocycles. The molecular weight excluding hydrogens is 348 g/mol. The van der Waals surface area contributed by atoms with Gasteiger partial charge in [0.25, 0.3) is 0 Å². The van der Waals surface area contributed by atoms with Gasteiger partial charge < -0.3 is 9.42 Å². The first-order valence-electron chi connectivity index (χ1n) is 7.01. The molecule has 1 amide bonds. The minimum Gasteiger partial charge on any atom is -0.356 e. The van der Waals surface area contributed by atoms with E-state index in [9.17, 15) is 4.79 Å². The van der Waals surface area contributed by atoms with E-state index in [4.69, 9.17) is 4.52 Å². The first-order chi connectivity index (χ1) is 10.7. The molecule has 0 aliphatic carbocycles. The molecule has 1 aromatic carbocycles. The fourth-order valence-corrected chi connectivity index (χ4v) is 2.96. The molecule has 1 aliphatic heterocycles. The summed E-state index contributed by atoms with van der Waals surface area (Å²) in [5, 5.41) is 9.17. The number of aromatic nitrogens is 3. The second-order valence-corrected chi connectivity index (χ2v) is 6.31. The van der Waals surface area contributed by atoms with Crippen LogP contribution in [0.4, 0.5) is 0 Å². The van der Waals surface area contributed by atoms with Crippen LogP contribution >= 0.6 is 15.9 Å². The molecule has 22 heavy (non-hydrogen) atoms. The van der Waals surface area contributed by atoms with Crippen LogP contribution in [-0.2, 0) is 11.2 Å². The Morgan fingerprint density at radius 2 is 2.18 bits per heavy atom. The Balaban J connectivity index is 1.42. The molecule has 3 aromatic rings. The molecule has 112 valence electrons. The molecule has 0 radical (unpaired) electrons. The maximum atomic E-state index is 12.3. The summed E-state index contributed by atoms with van der Waals surface area (Å²) in [5.74, 6) is 0.0709. The molecule has 0 N–H and O–H groups in total. The topological polar surface area (TPSA) is 64.2 Å². The van der Waals surface area contributed by atoms with Gasteiger partial charge in [-0.05, 0) is 28.1 Å². The van der Waals surface area contributed by atoms with Gasteiger partial charge in [0.15, 0.2) is 5.58 Å². The van der Waals surface area contributed by atoms with Crippen LogP contribution in [0.15, 0.2) is 45.7 Å². The van der Waals surface area contributed by atoms with Gasteiger partial charge in [-0.1, -0.05) is 17.3 Å². The summed E-state index contributed by atoms with van der Waals surface area (Å²) in [7, 11) is 0. The maximum Gasteiger partial charge on any atom is 0.228 e. The Morgan fingerprint density at radius 3 is 2.95 bits per heavy atom. The largest absolute Gasteiger partial charge is 0.356 e. The van der Waals surface area contributed by atoms with E-state index in [2.05, 4.69) is 26.2 Å². The Kier molecular flexibility index (Phi) is 3.22. The summed E-state index contributed by atoms with van der Waals surface area (Å²) >= 11 is 3.38. The minimum atomic E-state index is 0.0709. The van der Waals surface area contributed by atoms with Crippen LogP contribution in [-0.4, -0.2) is 38.8 Å². The van der Waals surface area contributed by atoms with E-state index in [1.165, 1.54) is 0 Å². The van der Waals surface area contributed by atoms with Crippen LogP contribution in [0.25, 0.3) is 11.0 Å². The molecule has 0 saturated carbocycles. The van der Waals surface area contributed by atoms with Crippen molar-refractivity contribution in [1.29, 1.82) is 0 Å². The van der Waals surface area contributed by atoms with Gasteiger partial charge in [-0.25, -0.2) is 0 Å². The predicted octanol–water partition coefficient (Wildman–Crippen LogP) is 2.41. The Hall–Kier alpha value is -2.15. The number of fused-ring (bicyclic) bond motifs is 1. The highest BCUT2D eigenvalue weighted by Gasteiger charge is 2.32. The quantitative estimate of drug-likeness (QED) is 0.719. The number of hydrogen-bond donors (Lipinski definition) is 0. The maximum absolute atomic E-state index is 12.3. The number of halogens is 1. The van der Waals surface area contributed by atoms with Gasteiger partial charge in [-0.15, -0.1) is 0 Å². The van der Waals surface area contributed by atoms with Crippen LogP contribution in [0.1, 0.15) is 11.7 Å². The average molecular weight is 361 g/mol. The lowest BCUT2D eigenvalue weighted by molar-refractivity contribution is -0.136. The normalized spacial score (nSPS) is 15.2. The summed E-state index contributed by atoms with van der Waals surface area (Å²) in [6.45, 7) is 1.37. The van der Waals surface area contributed by atoms with Crippen molar-refractivity contribution in [2.75, 3.05) is 13.1 Å². The van der Waals surface area contributed by atoms with Gasteiger partial charge in [0.1, 0.15) is 5.69 Å². The fourth-order valence-electron chi connectivity index (χ4n) is 2.66. The summed E-state index contributed by atoms with van der Waals surface area (Å²) in [4.78, 5) is 14.1. The molecule has 1 fully saturated rings. The summed E-state index contributed by atoms with van der Waals surface area (Å²) in [6, 6.07) is 7.84. The van der Waals surface area contributed by atoms with Crippen molar-refractivity contribution in [2.45, 2.75) is 12.5 Å². The molecule has 0 atom stereocenters. The smallest absolute Gasteiger partial charge is 0.228 e. The summed E-state index contributed by atoms with van der Waals surface area (Å²) < 4.78 is 8.07. The first kappa shape index (κ1) is 13.5. The van der Waals surface area contributed by atoms with E-state index in [0.717, 1.165) is 9.86 Å². The van der Waals surface area contributed by atoms with Crippen molar-refractivity contribution in [3.8, 4) is 0 Å². The number of likely N-dealkylation sites (tertiary alicyclic amines) is 1. The number of para-hydroxylation sites is 1. The Bertz CT molecular complexity index is 835. The van der Waals surface area contributed by atoms with E-state index < -0.39 is 0 Å². The third-order valence-corrected chi connectivity index (χ3v) is 4.34. The second kappa shape index (κ2) is 5.24. The zero-order chi connectivity index (χ0) is 15.1. The van der Waals surface area contributed by atoms with Gasteiger partial charge >= 0.3 is 0 Å². The predicted molar refractivity (Wildman–Crippen MR) is 83.3 cm³/mol. The van der Waals surface area contributed by atoms with Crippen molar-refractivity contribution in [2.24, 2.45) is 0 Å². The third-order valence-electron chi connectivity index (χ3n) is 3.93. The van der Waals surface area contributed by atoms with Gasteiger partial charge in [0.2, 0.25) is 5.91 Å². The molecule has 6 nitrogen and oxygen atoms in total. The van der Waals surface area contributed by atoms with E-state index in [0.29, 0.717) is 24.4 Å². The van der Waals surface area contributed by atoms with Crippen molar-refractivity contribution < 1.29 is 9.32 Å². The van der Waals surface area contributed by atoms with Gasteiger partial charge in [0.05, 0.1) is 23.1 Å². The lowest BCUT2D eigenvalue weighted by Gasteiger charge is -2.39. The fraction of sp³-hybridized carbons (Fsp3) is 0.267. The number of carbonyl (C=O) groups is 1. The number of nitrogens with zero attached hydrogens (tertiary/aromatic N) is 4. The average Bonchev–Trinajstić information content (AvgIpc) is 3.05. The number of amides is 1. The van der Waals surface area contributed by atoms with Crippen molar-refractivity contribution >= 4 is 32.8 Å². The van der Waals surface area contributed by atoms with Crippen LogP contribution in [0.2, 0.25) is 0 Å². The molecule has 1 aliphatic rings. The zero-order valence-corrected chi connectivity index (χ0v) is 13.2. The zero-order valence-electron chi connectivity index (χ0n) is 11.6. The number of hydrogen-bond acceptors (Lipinski definition) is 4. The third kappa shape index (κ3) is 2.31. The molecule has 4 rings (SSSR count). The first-order valence-corrected chi connectivity index (χ1v) is 7.81. The van der Waals surface area contributed by atoms with Crippen LogP contribution < -0.4 is 0 Å². The van der Waals surface area contributed by atoms with Crippen molar-refractivity contribution in [1.82, 2.24) is 19.8 Å². The lowest BCUT2D eigenvalue weighted by Crippen LogP contribution is -2.51. The molecule has 0 spiro atoms. The highest BCUT2D eigenvalue weighted by atomic mass is 79.9. The molecule has 0 unspecified atom stereocenters. The number of benzene rings is 1. The van der Waals surface area contributed by atoms with Gasteiger partial charge in [0, 0.05) is 24.7 Å². The van der Waals surface area contributed by atoms with Crippen LogP contribution in [0.5, 0.6) is 0 Å². The number of rotatable bonds is 3. The monoisotopic (exact) mass is 360 g/mol.